The Balaban J connectivity index is 2.43. The van der Waals surface area contributed by atoms with Gasteiger partial charge >= 0.3 is 6.09 Å². The third kappa shape index (κ3) is 2.34. The first kappa shape index (κ1) is 9.25. The standard InChI is InChI=1S/C7H12FNO3/c8-5-2-1-4(10)3-6(5)9-7(11)12/h4-6,9-10H,1-3H2,(H,11,12). The van der Waals surface area contributed by atoms with Crippen molar-refractivity contribution < 1.29 is 19.4 Å². The summed E-state index contributed by atoms with van der Waals surface area (Å²) in [6, 6.07) is -0.744. The summed E-state index contributed by atoms with van der Waals surface area (Å²) in [6.07, 6.45) is -2.16. The van der Waals surface area contributed by atoms with Crippen LogP contribution in [-0.4, -0.2) is 34.6 Å². The van der Waals surface area contributed by atoms with Crippen LogP contribution in [0.2, 0.25) is 0 Å². The van der Waals surface area contributed by atoms with E-state index in [1.165, 1.54) is 0 Å². The molecule has 0 saturated heterocycles. The summed E-state index contributed by atoms with van der Waals surface area (Å²) in [4.78, 5) is 10.2. The van der Waals surface area contributed by atoms with Crippen LogP contribution in [0.5, 0.6) is 0 Å². The molecule has 0 spiro atoms. The number of aliphatic hydroxyl groups is 1. The Hall–Kier alpha value is -0.840. The smallest absolute Gasteiger partial charge is 0.404 e. The highest BCUT2D eigenvalue weighted by molar-refractivity contribution is 5.64. The van der Waals surface area contributed by atoms with E-state index in [1.807, 2.05) is 5.32 Å². The molecule has 1 amide bonds. The lowest BCUT2D eigenvalue weighted by atomic mass is 9.91. The Morgan fingerprint density at radius 2 is 2.17 bits per heavy atom. The molecule has 1 aliphatic rings. The molecule has 0 aromatic heterocycles. The van der Waals surface area contributed by atoms with Gasteiger partial charge in [-0.2, -0.15) is 0 Å². The van der Waals surface area contributed by atoms with Gasteiger partial charge < -0.3 is 15.5 Å². The van der Waals surface area contributed by atoms with Gasteiger partial charge in [0.2, 0.25) is 0 Å². The normalized spacial score (nSPS) is 36.0. The maximum Gasteiger partial charge on any atom is 0.404 e. The second kappa shape index (κ2) is 3.71. The predicted octanol–water partition coefficient (Wildman–Crippen LogP) is 0.505. The van der Waals surface area contributed by atoms with Crippen LogP contribution in [0, 0.1) is 0 Å². The Labute approximate surface area is 69.4 Å². The Kier molecular flexibility index (Phi) is 2.86. The van der Waals surface area contributed by atoms with E-state index in [2.05, 4.69) is 0 Å². The quantitative estimate of drug-likeness (QED) is 0.546. The Morgan fingerprint density at radius 3 is 2.75 bits per heavy atom. The van der Waals surface area contributed by atoms with Gasteiger partial charge in [-0.05, 0) is 19.3 Å². The summed E-state index contributed by atoms with van der Waals surface area (Å²) in [5.74, 6) is 0. The van der Waals surface area contributed by atoms with E-state index in [-0.39, 0.29) is 12.8 Å². The molecule has 1 aliphatic carbocycles. The molecular weight excluding hydrogens is 165 g/mol. The fraction of sp³-hybridized carbons (Fsp3) is 0.857. The molecule has 3 atom stereocenters. The van der Waals surface area contributed by atoms with E-state index in [0.717, 1.165) is 0 Å². The van der Waals surface area contributed by atoms with E-state index >= 15 is 0 Å². The fourth-order valence-corrected chi connectivity index (χ4v) is 1.42. The highest BCUT2D eigenvalue weighted by atomic mass is 19.1. The molecule has 5 heteroatoms. The largest absolute Gasteiger partial charge is 0.465 e. The minimum atomic E-state index is -1.24. The molecule has 1 rings (SSSR count). The predicted molar refractivity (Wildman–Crippen MR) is 39.7 cm³/mol. The lowest BCUT2D eigenvalue weighted by Crippen LogP contribution is -2.46. The van der Waals surface area contributed by atoms with Gasteiger partial charge in [0.05, 0.1) is 12.1 Å². The molecule has 0 bridgehead atoms. The van der Waals surface area contributed by atoms with Crippen molar-refractivity contribution in [2.75, 3.05) is 0 Å². The van der Waals surface area contributed by atoms with Gasteiger partial charge in [-0.3, -0.25) is 0 Å². The number of alkyl halides is 1. The van der Waals surface area contributed by atoms with Gasteiger partial charge in [-0.1, -0.05) is 0 Å². The number of rotatable bonds is 1. The SMILES string of the molecule is O=C(O)NC1CC(O)CCC1F. The van der Waals surface area contributed by atoms with E-state index in [1.54, 1.807) is 0 Å². The summed E-state index contributed by atoms with van der Waals surface area (Å²) in [7, 11) is 0. The minimum Gasteiger partial charge on any atom is -0.465 e. The van der Waals surface area contributed by atoms with Gasteiger partial charge in [-0.15, -0.1) is 0 Å². The molecule has 3 unspecified atom stereocenters. The minimum absolute atomic E-state index is 0.174. The molecule has 4 nitrogen and oxygen atoms in total. The van der Waals surface area contributed by atoms with Crippen LogP contribution in [0.4, 0.5) is 9.18 Å². The average molecular weight is 177 g/mol. The summed E-state index contributed by atoms with van der Waals surface area (Å²) >= 11 is 0. The molecule has 0 heterocycles. The van der Waals surface area contributed by atoms with Crippen LogP contribution in [-0.2, 0) is 0 Å². The average Bonchev–Trinajstić information content (AvgIpc) is 1.96. The maximum absolute atomic E-state index is 12.9. The van der Waals surface area contributed by atoms with E-state index in [9.17, 15) is 9.18 Å². The number of hydrogen-bond donors (Lipinski definition) is 3. The van der Waals surface area contributed by atoms with Crippen LogP contribution in [0.25, 0.3) is 0 Å². The molecule has 12 heavy (non-hydrogen) atoms. The third-order valence-corrected chi connectivity index (χ3v) is 2.05. The summed E-state index contributed by atoms with van der Waals surface area (Å²) < 4.78 is 12.9. The number of amides is 1. The molecule has 0 aromatic carbocycles. The van der Waals surface area contributed by atoms with Crippen LogP contribution in [0.15, 0.2) is 0 Å². The molecule has 0 aliphatic heterocycles. The first-order valence-electron chi connectivity index (χ1n) is 3.91. The van der Waals surface area contributed by atoms with Crippen molar-refractivity contribution in [2.24, 2.45) is 0 Å². The zero-order chi connectivity index (χ0) is 9.14. The first-order valence-corrected chi connectivity index (χ1v) is 3.91. The first-order chi connectivity index (χ1) is 5.59. The van der Waals surface area contributed by atoms with Crippen LogP contribution in [0.1, 0.15) is 19.3 Å². The summed E-state index contributed by atoms with van der Waals surface area (Å²) in [5.41, 5.74) is 0. The van der Waals surface area contributed by atoms with Crippen molar-refractivity contribution in [1.82, 2.24) is 5.32 Å². The fourth-order valence-electron chi connectivity index (χ4n) is 1.42. The van der Waals surface area contributed by atoms with Crippen LogP contribution in [0.3, 0.4) is 0 Å². The molecule has 1 fully saturated rings. The number of aliphatic hydroxyl groups excluding tert-OH is 1. The summed E-state index contributed by atoms with van der Waals surface area (Å²) in [6.45, 7) is 0. The number of nitrogens with one attached hydrogen (secondary N) is 1. The number of carbonyl (C=O) groups is 1. The van der Waals surface area contributed by atoms with Crippen molar-refractivity contribution in [3.63, 3.8) is 0 Å². The van der Waals surface area contributed by atoms with Crippen LogP contribution >= 0.6 is 0 Å². The number of hydrogen-bond acceptors (Lipinski definition) is 2. The molecule has 3 N–H and O–H groups in total. The van der Waals surface area contributed by atoms with Gasteiger partial charge in [-0.25, -0.2) is 9.18 Å². The second-order valence-corrected chi connectivity index (χ2v) is 3.04. The van der Waals surface area contributed by atoms with Crippen molar-refractivity contribution in [3.8, 4) is 0 Å². The zero-order valence-electron chi connectivity index (χ0n) is 6.53. The topological polar surface area (TPSA) is 69.6 Å². The van der Waals surface area contributed by atoms with Crippen molar-refractivity contribution >= 4 is 6.09 Å². The highest BCUT2D eigenvalue weighted by Crippen LogP contribution is 2.21. The van der Waals surface area contributed by atoms with Gasteiger partial charge in [0.1, 0.15) is 6.17 Å². The number of carboxylic acid groups (broad SMARTS) is 1. The van der Waals surface area contributed by atoms with E-state index in [0.29, 0.717) is 6.42 Å². The van der Waals surface area contributed by atoms with Crippen molar-refractivity contribution in [2.45, 2.75) is 37.6 Å². The Bertz CT molecular complexity index is 176. The van der Waals surface area contributed by atoms with Gasteiger partial charge in [0.15, 0.2) is 0 Å². The monoisotopic (exact) mass is 177 g/mol. The lowest BCUT2D eigenvalue weighted by molar-refractivity contribution is 0.0669. The maximum atomic E-state index is 12.9. The number of halogens is 1. The molecule has 0 radical (unpaired) electrons. The van der Waals surface area contributed by atoms with Crippen molar-refractivity contribution in [3.05, 3.63) is 0 Å². The van der Waals surface area contributed by atoms with Crippen molar-refractivity contribution in [1.29, 1.82) is 0 Å². The summed E-state index contributed by atoms with van der Waals surface area (Å²) in [5, 5.41) is 19.5. The van der Waals surface area contributed by atoms with E-state index in [4.69, 9.17) is 10.2 Å². The van der Waals surface area contributed by atoms with Gasteiger partial charge in [0, 0.05) is 0 Å². The Morgan fingerprint density at radius 1 is 1.50 bits per heavy atom. The second-order valence-electron chi connectivity index (χ2n) is 3.04. The molecule has 70 valence electrons. The third-order valence-electron chi connectivity index (χ3n) is 2.05. The van der Waals surface area contributed by atoms with Crippen LogP contribution < -0.4 is 5.32 Å². The molecule has 1 saturated carbocycles. The van der Waals surface area contributed by atoms with Gasteiger partial charge in [0.25, 0.3) is 0 Å². The highest BCUT2D eigenvalue weighted by Gasteiger charge is 2.30. The molecule has 0 aromatic rings. The zero-order valence-corrected chi connectivity index (χ0v) is 6.53. The van der Waals surface area contributed by atoms with E-state index < -0.39 is 24.4 Å². The lowest BCUT2D eigenvalue weighted by Gasteiger charge is -2.28. The molecular formula is C7H12FNO3.